The molecule has 0 bridgehead atoms. The van der Waals surface area contributed by atoms with E-state index in [-0.39, 0.29) is 10.5 Å². The summed E-state index contributed by atoms with van der Waals surface area (Å²) < 4.78 is 27.9. The van der Waals surface area contributed by atoms with Gasteiger partial charge in [0.25, 0.3) is 0 Å². The van der Waals surface area contributed by atoms with Crippen molar-refractivity contribution in [2.45, 2.75) is 32.6 Å². The predicted molar refractivity (Wildman–Crippen MR) is 130 cm³/mol. The Labute approximate surface area is 196 Å². The Morgan fingerprint density at radius 1 is 1.00 bits per heavy atom. The zero-order valence-electron chi connectivity index (χ0n) is 18.6. The SMILES string of the molecule is CC.CC.CN(c1cc(Cl)cc(Cl)c1)c1ccc(C#N)cc1S(=O)(=O)N1CCNCC1. The molecule has 3 rings (SSSR count). The van der Waals surface area contributed by atoms with E-state index < -0.39 is 10.0 Å². The quantitative estimate of drug-likeness (QED) is 0.638. The lowest BCUT2D eigenvalue weighted by atomic mass is 10.2. The highest BCUT2D eigenvalue weighted by Gasteiger charge is 2.30. The third kappa shape index (κ3) is 6.83. The van der Waals surface area contributed by atoms with Gasteiger partial charge in [-0.1, -0.05) is 50.9 Å². The normalized spacial score (nSPS) is 13.7. The standard InChI is InChI=1S/C18H18Cl2N4O2S.2C2H6/c1-23(16-10-14(19)9-15(20)11-16)17-3-2-13(12-21)8-18(17)27(25,26)24-6-4-22-5-7-24;2*1-2/h2-3,8-11,22H,4-7H2,1H3;2*1-2H3. The minimum Gasteiger partial charge on any atom is -0.343 e. The number of piperazine rings is 1. The number of halogens is 2. The van der Waals surface area contributed by atoms with Gasteiger partial charge in [0.1, 0.15) is 4.90 Å². The highest BCUT2D eigenvalue weighted by molar-refractivity contribution is 7.89. The average molecular weight is 485 g/mol. The lowest BCUT2D eigenvalue weighted by Gasteiger charge is -2.29. The summed E-state index contributed by atoms with van der Waals surface area (Å²) in [5, 5.41) is 13.3. The maximum atomic E-state index is 13.3. The second kappa shape index (κ2) is 12.9. The molecule has 6 nitrogen and oxygen atoms in total. The maximum Gasteiger partial charge on any atom is 0.245 e. The molecule has 2 aromatic carbocycles. The van der Waals surface area contributed by atoms with Crippen LogP contribution in [0.2, 0.25) is 10.0 Å². The number of hydrogen-bond donors (Lipinski definition) is 1. The topological polar surface area (TPSA) is 76.4 Å². The van der Waals surface area contributed by atoms with E-state index in [1.54, 1.807) is 42.3 Å². The van der Waals surface area contributed by atoms with Gasteiger partial charge in [0.15, 0.2) is 0 Å². The number of benzene rings is 2. The highest BCUT2D eigenvalue weighted by atomic mass is 35.5. The van der Waals surface area contributed by atoms with Crippen LogP contribution >= 0.6 is 23.2 Å². The molecule has 0 unspecified atom stereocenters. The van der Waals surface area contributed by atoms with E-state index in [2.05, 4.69) is 5.32 Å². The third-order valence-corrected chi connectivity index (χ3v) is 6.74. The van der Waals surface area contributed by atoms with Crippen LogP contribution in [0, 0.1) is 11.3 Å². The molecule has 0 radical (unpaired) electrons. The molecule has 1 saturated heterocycles. The molecule has 0 atom stereocenters. The Balaban J connectivity index is 0.00000113. The fraction of sp³-hybridized carbons (Fsp3) is 0.409. The van der Waals surface area contributed by atoms with Crippen molar-refractivity contribution in [3.63, 3.8) is 0 Å². The van der Waals surface area contributed by atoms with Crippen molar-refractivity contribution in [2.24, 2.45) is 0 Å². The summed E-state index contributed by atoms with van der Waals surface area (Å²) in [5.41, 5.74) is 1.38. The molecule has 1 fully saturated rings. The van der Waals surface area contributed by atoms with E-state index in [4.69, 9.17) is 23.2 Å². The van der Waals surface area contributed by atoms with Crippen LogP contribution in [0.4, 0.5) is 11.4 Å². The van der Waals surface area contributed by atoms with Gasteiger partial charge in [0.05, 0.1) is 17.3 Å². The molecule has 2 aromatic rings. The molecule has 9 heteroatoms. The fourth-order valence-corrected chi connectivity index (χ4v) is 5.16. The first-order valence-corrected chi connectivity index (χ1v) is 12.5. The van der Waals surface area contributed by atoms with Gasteiger partial charge < -0.3 is 10.2 Å². The van der Waals surface area contributed by atoms with E-state index in [1.807, 2.05) is 33.8 Å². The molecule has 0 saturated carbocycles. The highest BCUT2D eigenvalue weighted by Crippen LogP contribution is 2.35. The van der Waals surface area contributed by atoms with Gasteiger partial charge in [-0.2, -0.15) is 9.57 Å². The third-order valence-electron chi connectivity index (χ3n) is 4.38. The van der Waals surface area contributed by atoms with Crippen molar-refractivity contribution in [1.82, 2.24) is 9.62 Å². The predicted octanol–water partition coefficient (Wildman–Crippen LogP) is 5.28. The largest absolute Gasteiger partial charge is 0.343 e. The summed E-state index contributed by atoms with van der Waals surface area (Å²) in [5.74, 6) is 0. The first-order chi connectivity index (χ1) is 14.8. The first-order valence-electron chi connectivity index (χ1n) is 10.3. The van der Waals surface area contributed by atoms with E-state index in [0.29, 0.717) is 47.6 Å². The average Bonchev–Trinajstić information content (AvgIpc) is 2.80. The Kier molecular flexibility index (Phi) is 11.3. The molecule has 1 aliphatic heterocycles. The first kappa shape index (κ1) is 27.2. The van der Waals surface area contributed by atoms with Gasteiger partial charge >= 0.3 is 0 Å². The fourth-order valence-electron chi connectivity index (χ4n) is 2.96. The molecule has 0 spiro atoms. The molecule has 0 aromatic heterocycles. The molecule has 0 aliphatic carbocycles. The minimum atomic E-state index is -3.76. The molecule has 1 heterocycles. The van der Waals surface area contributed by atoms with Crippen LogP contribution in [-0.2, 0) is 10.0 Å². The van der Waals surface area contributed by atoms with Crippen LogP contribution < -0.4 is 10.2 Å². The molecule has 1 N–H and O–H groups in total. The molecule has 0 amide bonds. The molecular weight excluding hydrogens is 455 g/mol. The van der Waals surface area contributed by atoms with Crippen LogP contribution in [0.5, 0.6) is 0 Å². The van der Waals surface area contributed by atoms with Gasteiger partial charge in [-0.25, -0.2) is 8.42 Å². The Hall–Kier alpha value is -1.82. The van der Waals surface area contributed by atoms with Gasteiger partial charge in [0.2, 0.25) is 10.0 Å². The Bertz CT molecular complexity index is 981. The molecule has 31 heavy (non-hydrogen) atoms. The van der Waals surface area contributed by atoms with Crippen LogP contribution in [0.15, 0.2) is 41.3 Å². The van der Waals surface area contributed by atoms with Crippen LogP contribution in [0.1, 0.15) is 33.3 Å². The van der Waals surface area contributed by atoms with Crippen molar-refractivity contribution in [3.8, 4) is 6.07 Å². The van der Waals surface area contributed by atoms with Crippen molar-refractivity contribution < 1.29 is 8.42 Å². The number of hydrogen-bond acceptors (Lipinski definition) is 5. The van der Waals surface area contributed by atoms with Gasteiger partial charge in [0, 0.05) is 49.0 Å². The second-order valence-electron chi connectivity index (χ2n) is 6.14. The lowest BCUT2D eigenvalue weighted by Crippen LogP contribution is -2.46. The maximum absolute atomic E-state index is 13.3. The van der Waals surface area contributed by atoms with Crippen molar-refractivity contribution in [2.75, 3.05) is 38.1 Å². The van der Waals surface area contributed by atoms with Gasteiger partial charge in [-0.05, 0) is 36.4 Å². The number of sulfonamides is 1. The van der Waals surface area contributed by atoms with E-state index in [1.165, 1.54) is 10.4 Å². The molecule has 1 aliphatic rings. The van der Waals surface area contributed by atoms with Gasteiger partial charge in [-0.15, -0.1) is 0 Å². The molecular formula is C22H30Cl2N4O2S. The van der Waals surface area contributed by atoms with Crippen LogP contribution in [0.25, 0.3) is 0 Å². The van der Waals surface area contributed by atoms with E-state index in [0.717, 1.165) is 0 Å². The Morgan fingerprint density at radius 2 is 1.55 bits per heavy atom. The summed E-state index contributed by atoms with van der Waals surface area (Å²) in [7, 11) is -2.03. The summed E-state index contributed by atoms with van der Waals surface area (Å²) in [4.78, 5) is 1.79. The number of anilines is 2. The zero-order chi connectivity index (χ0) is 23.6. The smallest absolute Gasteiger partial charge is 0.245 e. The van der Waals surface area contributed by atoms with Crippen LogP contribution in [0.3, 0.4) is 0 Å². The number of nitrogens with one attached hydrogen (secondary N) is 1. The van der Waals surface area contributed by atoms with E-state index >= 15 is 0 Å². The minimum absolute atomic E-state index is 0.0852. The summed E-state index contributed by atoms with van der Waals surface area (Å²) in [6.07, 6.45) is 0. The molecule has 170 valence electrons. The lowest BCUT2D eigenvalue weighted by molar-refractivity contribution is 0.360. The monoisotopic (exact) mass is 484 g/mol. The van der Waals surface area contributed by atoms with Crippen LogP contribution in [-0.4, -0.2) is 45.9 Å². The zero-order valence-corrected chi connectivity index (χ0v) is 20.9. The van der Waals surface area contributed by atoms with Crippen molar-refractivity contribution in [3.05, 3.63) is 52.0 Å². The second-order valence-corrected chi connectivity index (χ2v) is 8.91. The summed E-state index contributed by atoms with van der Waals surface area (Å²) in [6.45, 7) is 9.94. The number of nitriles is 1. The number of nitrogens with zero attached hydrogens (tertiary/aromatic N) is 3. The number of rotatable bonds is 4. The summed E-state index contributed by atoms with van der Waals surface area (Å²) >= 11 is 12.2. The van der Waals surface area contributed by atoms with Crippen molar-refractivity contribution >= 4 is 44.6 Å². The van der Waals surface area contributed by atoms with Crippen molar-refractivity contribution in [1.29, 1.82) is 5.26 Å². The summed E-state index contributed by atoms with van der Waals surface area (Å²) in [6, 6.07) is 11.7. The Morgan fingerprint density at radius 3 is 2.06 bits per heavy atom. The van der Waals surface area contributed by atoms with Gasteiger partial charge in [-0.3, -0.25) is 0 Å². The van der Waals surface area contributed by atoms with E-state index in [9.17, 15) is 13.7 Å².